The zero-order valence-electron chi connectivity index (χ0n) is 21.0. The summed E-state index contributed by atoms with van der Waals surface area (Å²) in [5.41, 5.74) is 0.0635. The van der Waals surface area contributed by atoms with Gasteiger partial charge in [-0.15, -0.1) is 0 Å². The fourth-order valence-corrected chi connectivity index (χ4v) is 3.87. The number of carbonyl (C=O) groups excluding carboxylic acids is 3. The van der Waals surface area contributed by atoms with Crippen molar-refractivity contribution in [1.29, 1.82) is 0 Å². The van der Waals surface area contributed by atoms with Gasteiger partial charge in [0.2, 0.25) is 11.8 Å². The molecule has 0 aromatic heterocycles. The van der Waals surface area contributed by atoms with Gasteiger partial charge in [0, 0.05) is 13.1 Å². The summed E-state index contributed by atoms with van der Waals surface area (Å²) in [7, 11) is 0. The first kappa shape index (κ1) is 28.8. The molecule has 0 fully saturated rings. The number of benzene rings is 1. The molecule has 186 valence electrons. The molecule has 0 aliphatic rings. The maximum absolute atomic E-state index is 13.6. The second-order valence-electron chi connectivity index (χ2n) is 8.92. The Morgan fingerprint density at radius 3 is 2.30 bits per heavy atom. The Morgan fingerprint density at radius 2 is 1.76 bits per heavy atom. The van der Waals surface area contributed by atoms with E-state index in [4.69, 9.17) is 4.74 Å². The van der Waals surface area contributed by atoms with Crippen LogP contribution >= 0.6 is 11.8 Å². The van der Waals surface area contributed by atoms with Gasteiger partial charge in [0.1, 0.15) is 17.7 Å². The van der Waals surface area contributed by atoms with Gasteiger partial charge in [-0.25, -0.2) is 4.79 Å². The van der Waals surface area contributed by atoms with Gasteiger partial charge in [-0.3, -0.25) is 9.59 Å². The van der Waals surface area contributed by atoms with Gasteiger partial charge in [0.05, 0.1) is 0 Å². The summed E-state index contributed by atoms with van der Waals surface area (Å²) < 4.78 is 5.37. The molecular weight excluding hydrogens is 438 g/mol. The second-order valence-corrected chi connectivity index (χ2v) is 9.90. The monoisotopic (exact) mass is 479 g/mol. The van der Waals surface area contributed by atoms with Crippen molar-refractivity contribution in [2.75, 3.05) is 25.1 Å². The van der Waals surface area contributed by atoms with Crippen LogP contribution in [0, 0.1) is 0 Å². The highest BCUT2D eigenvalue weighted by atomic mass is 32.2. The molecular formula is C25H41N3O4S. The lowest BCUT2D eigenvalue weighted by Gasteiger charge is -2.33. The molecule has 0 radical (unpaired) electrons. The van der Waals surface area contributed by atoms with Crippen molar-refractivity contribution in [2.24, 2.45) is 0 Å². The minimum atomic E-state index is -0.786. The lowest BCUT2D eigenvalue weighted by molar-refractivity contribution is -0.142. The summed E-state index contributed by atoms with van der Waals surface area (Å²) in [6, 6.07) is 7.73. The molecule has 2 N–H and O–H groups in total. The van der Waals surface area contributed by atoms with Gasteiger partial charge in [0.25, 0.3) is 0 Å². The molecule has 0 aliphatic carbocycles. The standard InChI is InChI=1S/C25H41N3O4S/c1-7-9-13-17-26-22(29)21(19-14-11-10-12-15-19)28(8-2)23(30)20(16-18-33-6)27-24(31)32-25(3,4)5/h10-12,14-15,20-21H,7-9,13,16-18H2,1-6H3,(H,26,29)(H,27,31). The molecule has 0 spiro atoms. The maximum Gasteiger partial charge on any atom is 0.408 e. The highest BCUT2D eigenvalue weighted by molar-refractivity contribution is 7.98. The van der Waals surface area contributed by atoms with Gasteiger partial charge >= 0.3 is 6.09 Å². The molecule has 2 atom stereocenters. The van der Waals surface area contributed by atoms with E-state index in [0.29, 0.717) is 25.3 Å². The Balaban J connectivity index is 3.16. The minimum Gasteiger partial charge on any atom is -0.444 e. The minimum absolute atomic E-state index is 0.214. The summed E-state index contributed by atoms with van der Waals surface area (Å²) in [6.07, 6.45) is 4.73. The lowest BCUT2D eigenvalue weighted by atomic mass is 10.0. The van der Waals surface area contributed by atoms with Crippen LogP contribution in [0.15, 0.2) is 30.3 Å². The quantitative estimate of drug-likeness (QED) is 0.406. The number of nitrogens with one attached hydrogen (secondary N) is 2. The molecule has 2 unspecified atom stereocenters. The Morgan fingerprint density at radius 1 is 1.09 bits per heavy atom. The lowest BCUT2D eigenvalue weighted by Crippen LogP contribution is -2.53. The molecule has 1 aromatic rings. The van der Waals surface area contributed by atoms with E-state index in [9.17, 15) is 14.4 Å². The predicted octanol–water partition coefficient (Wildman–Crippen LogP) is 4.53. The highest BCUT2D eigenvalue weighted by Gasteiger charge is 2.35. The predicted molar refractivity (Wildman–Crippen MR) is 135 cm³/mol. The van der Waals surface area contributed by atoms with E-state index in [-0.39, 0.29) is 11.8 Å². The normalized spacial score (nSPS) is 13.0. The fourth-order valence-electron chi connectivity index (χ4n) is 3.40. The van der Waals surface area contributed by atoms with Crippen LogP contribution in [0.4, 0.5) is 4.79 Å². The third kappa shape index (κ3) is 10.5. The van der Waals surface area contributed by atoms with E-state index < -0.39 is 23.8 Å². The Hall–Kier alpha value is -2.22. The van der Waals surface area contributed by atoms with E-state index in [0.717, 1.165) is 24.8 Å². The van der Waals surface area contributed by atoms with Crippen LogP contribution in [0.2, 0.25) is 0 Å². The van der Waals surface area contributed by atoms with Crippen LogP contribution in [-0.2, 0) is 14.3 Å². The van der Waals surface area contributed by atoms with E-state index >= 15 is 0 Å². The smallest absolute Gasteiger partial charge is 0.408 e. The number of rotatable bonds is 13. The van der Waals surface area contributed by atoms with E-state index in [1.165, 1.54) is 0 Å². The zero-order chi connectivity index (χ0) is 24.9. The first-order chi connectivity index (χ1) is 15.6. The van der Waals surface area contributed by atoms with Crippen LogP contribution in [0.5, 0.6) is 0 Å². The zero-order valence-corrected chi connectivity index (χ0v) is 21.8. The summed E-state index contributed by atoms with van der Waals surface area (Å²) in [5.74, 6) is 0.173. The van der Waals surface area contributed by atoms with Crippen LogP contribution in [0.3, 0.4) is 0 Å². The maximum atomic E-state index is 13.6. The third-order valence-corrected chi connectivity index (χ3v) is 5.62. The molecule has 1 aromatic carbocycles. The highest BCUT2D eigenvalue weighted by Crippen LogP contribution is 2.23. The number of likely N-dealkylation sites (N-methyl/N-ethyl adjacent to an activating group) is 1. The summed E-state index contributed by atoms with van der Waals surface area (Å²) in [4.78, 5) is 40.9. The molecule has 33 heavy (non-hydrogen) atoms. The first-order valence-corrected chi connectivity index (χ1v) is 13.2. The second kappa shape index (κ2) is 14.8. The van der Waals surface area contributed by atoms with Gasteiger partial charge in [-0.05, 0) is 58.1 Å². The van der Waals surface area contributed by atoms with Crippen molar-refractivity contribution < 1.29 is 19.1 Å². The summed E-state index contributed by atoms with van der Waals surface area (Å²) in [5, 5.41) is 5.72. The van der Waals surface area contributed by atoms with Gasteiger partial charge in [0.15, 0.2) is 0 Å². The Bertz CT molecular complexity index is 737. The average molecular weight is 480 g/mol. The molecule has 8 heteroatoms. The Kier molecular flexibility index (Phi) is 13.0. The van der Waals surface area contributed by atoms with Crippen molar-refractivity contribution in [3.63, 3.8) is 0 Å². The number of hydrogen-bond donors (Lipinski definition) is 2. The van der Waals surface area contributed by atoms with E-state index in [1.54, 1.807) is 37.4 Å². The number of hydrogen-bond acceptors (Lipinski definition) is 5. The van der Waals surface area contributed by atoms with Crippen LogP contribution in [0.25, 0.3) is 0 Å². The van der Waals surface area contributed by atoms with E-state index in [1.807, 2.05) is 43.5 Å². The van der Waals surface area contributed by atoms with Crippen molar-refractivity contribution in [3.8, 4) is 0 Å². The topological polar surface area (TPSA) is 87.7 Å². The SMILES string of the molecule is CCCCCNC(=O)C(c1ccccc1)N(CC)C(=O)C(CCSC)NC(=O)OC(C)(C)C. The molecule has 0 saturated heterocycles. The summed E-state index contributed by atoms with van der Waals surface area (Å²) >= 11 is 1.59. The molecule has 0 aliphatic heterocycles. The van der Waals surface area contributed by atoms with Crippen molar-refractivity contribution in [2.45, 2.75) is 78.0 Å². The molecule has 0 heterocycles. The molecule has 1 rings (SSSR count). The number of alkyl carbamates (subject to hydrolysis) is 1. The molecule has 3 amide bonds. The van der Waals surface area contributed by atoms with Crippen LogP contribution in [-0.4, -0.2) is 59.5 Å². The molecule has 0 bridgehead atoms. The number of unbranched alkanes of at least 4 members (excludes halogenated alkanes) is 2. The van der Waals surface area contributed by atoms with Crippen molar-refractivity contribution >= 4 is 29.7 Å². The third-order valence-electron chi connectivity index (χ3n) is 4.98. The number of carbonyl (C=O) groups is 3. The van der Waals surface area contributed by atoms with Crippen molar-refractivity contribution in [3.05, 3.63) is 35.9 Å². The fraction of sp³-hybridized carbons (Fsp3) is 0.640. The number of amides is 3. The van der Waals surface area contributed by atoms with Crippen LogP contribution < -0.4 is 10.6 Å². The van der Waals surface area contributed by atoms with Gasteiger partial charge in [-0.2, -0.15) is 11.8 Å². The number of thioether (sulfide) groups is 1. The first-order valence-electron chi connectivity index (χ1n) is 11.8. The average Bonchev–Trinajstić information content (AvgIpc) is 2.76. The Labute approximate surface area is 203 Å². The van der Waals surface area contributed by atoms with Crippen molar-refractivity contribution in [1.82, 2.24) is 15.5 Å². The van der Waals surface area contributed by atoms with Crippen LogP contribution in [0.1, 0.15) is 71.9 Å². The van der Waals surface area contributed by atoms with Gasteiger partial charge < -0.3 is 20.3 Å². The molecule has 7 nitrogen and oxygen atoms in total. The largest absolute Gasteiger partial charge is 0.444 e. The molecule has 0 saturated carbocycles. The van der Waals surface area contributed by atoms with E-state index in [2.05, 4.69) is 17.6 Å². The van der Waals surface area contributed by atoms with Gasteiger partial charge in [-0.1, -0.05) is 50.1 Å². The number of nitrogens with zero attached hydrogens (tertiary/aromatic N) is 1. The summed E-state index contributed by atoms with van der Waals surface area (Å²) in [6.45, 7) is 10.2. The number of ether oxygens (including phenoxy) is 1.